The van der Waals surface area contributed by atoms with E-state index >= 15 is 0 Å². The van der Waals surface area contributed by atoms with Gasteiger partial charge in [-0.3, -0.25) is 10.1 Å². The Bertz CT molecular complexity index is 340. The van der Waals surface area contributed by atoms with Crippen molar-refractivity contribution >= 4 is 5.97 Å². The third-order valence-corrected chi connectivity index (χ3v) is 2.69. The number of hydrogen-bond donors (Lipinski definition) is 3. The third-order valence-electron chi connectivity index (χ3n) is 2.69. The third kappa shape index (κ3) is 4.54. The second-order valence-electron chi connectivity index (χ2n) is 4.03. The Kier molecular flexibility index (Phi) is 5.66. The predicted octanol–water partition coefficient (Wildman–Crippen LogP) is 1.04. The van der Waals surface area contributed by atoms with Crippen molar-refractivity contribution in [3.05, 3.63) is 35.9 Å². The quantitative estimate of drug-likeness (QED) is 0.663. The first-order chi connectivity index (χ1) is 8.17. The zero-order valence-electron chi connectivity index (χ0n) is 9.97. The number of nitrogens with one attached hydrogen (secondary N) is 1. The highest BCUT2D eigenvalue weighted by atomic mass is 16.4. The molecule has 0 bridgehead atoms. The lowest BCUT2D eigenvalue weighted by atomic mass is 10.1. The molecule has 0 aromatic heterocycles. The van der Waals surface area contributed by atoms with Crippen LogP contribution >= 0.6 is 0 Å². The summed E-state index contributed by atoms with van der Waals surface area (Å²) in [7, 11) is 0. The lowest BCUT2D eigenvalue weighted by molar-refractivity contribution is -0.139. The van der Waals surface area contributed by atoms with Gasteiger partial charge < -0.3 is 10.2 Å². The summed E-state index contributed by atoms with van der Waals surface area (Å²) in [4.78, 5) is 10.9. The molecule has 0 aliphatic rings. The van der Waals surface area contributed by atoms with Gasteiger partial charge in [0.05, 0.1) is 6.61 Å². The number of aliphatic hydroxyl groups is 1. The van der Waals surface area contributed by atoms with E-state index in [4.69, 9.17) is 5.11 Å². The average Bonchev–Trinajstić information content (AvgIpc) is 2.35. The number of hydrogen-bond acceptors (Lipinski definition) is 3. The Morgan fingerprint density at radius 3 is 2.47 bits per heavy atom. The lowest BCUT2D eigenvalue weighted by Crippen LogP contribution is -2.45. The molecule has 94 valence electrons. The minimum atomic E-state index is -0.876. The van der Waals surface area contributed by atoms with Crippen LogP contribution in [0.2, 0.25) is 0 Å². The number of carboxylic acid groups (broad SMARTS) is 1. The first-order valence-electron chi connectivity index (χ1n) is 5.81. The zero-order valence-corrected chi connectivity index (χ0v) is 9.97. The van der Waals surface area contributed by atoms with Gasteiger partial charge in [-0.05, 0) is 18.4 Å². The molecule has 4 heteroatoms. The van der Waals surface area contributed by atoms with Crippen LogP contribution in [0.3, 0.4) is 0 Å². The molecule has 17 heavy (non-hydrogen) atoms. The molecule has 4 nitrogen and oxygen atoms in total. The van der Waals surface area contributed by atoms with Crippen molar-refractivity contribution in [2.75, 3.05) is 6.61 Å². The van der Waals surface area contributed by atoms with Crippen molar-refractivity contribution in [3.8, 4) is 0 Å². The van der Waals surface area contributed by atoms with Gasteiger partial charge in [-0.15, -0.1) is 0 Å². The Morgan fingerprint density at radius 1 is 1.35 bits per heavy atom. The molecule has 2 unspecified atom stereocenters. The standard InChI is InChI=1S/C13H19NO3/c1-2-12(13(16)17)14-11(9-15)8-10-6-4-3-5-7-10/h3-7,11-12,14-15H,2,8-9H2,1H3,(H,16,17). The van der Waals surface area contributed by atoms with Crippen molar-refractivity contribution in [3.63, 3.8) is 0 Å². The Morgan fingerprint density at radius 2 is 2.00 bits per heavy atom. The summed E-state index contributed by atoms with van der Waals surface area (Å²) in [5.41, 5.74) is 1.08. The van der Waals surface area contributed by atoms with Crippen LogP contribution in [-0.4, -0.2) is 34.9 Å². The highest BCUT2D eigenvalue weighted by Crippen LogP contribution is 2.04. The predicted molar refractivity (Wildman–Crippen MR) is 65.9 cm³/mol. The highest BCUT2D eigenvalue weighted by molar-refractivity contribution is 5.73. The smallest absolute Gasteiger partial charge is 0.320 e. The maximum Gasteiger partial charge on any atom is 0.320 e. The van der Waals surface area contributed by atoms with Gasteiger partial charge in [0.2, 0.25) is 0 Å². The fourth-order valence-electron chi connectivity index (χ4n) is 1.72. The molecule has 3 N–H and O–H groups in total. The normalized spacial score (nSPS) is 14.2. The van der Waals surface area contributed by atoms with Gasteiger partial charge in [0.1, 0.15) is 6.04 Å². The molecule has 0 amide bonds. The van der Waals surface area contributed by atoms with E-state index in [0.717, 1.165) is 5.56 Å². The van der Waals surface area contributed by atoms with Crippen LogP contribution in [0.1, 0.15) is 18.9 Å². The van der Waals surface area contributed by atoms with E-state index in [9.17, 15) is 9.90 Å². The molecule has 0 spiro atoms. The maximum atomic E-state index is 10.9. The number of rotatable bonds is 7. The topological polar surface area (TPSA) is 69.6 Å². The van der Waals surface area contributed by atoms with E-state index in [2.05, 4.69) is 5.32 Å². The largest absolute Gasteiger partial charge is 0.480 e. The minimum Gasteiger partial charge on any atom is -0.480 e. The molecule has 0 aliphatic heterocycles. The van der Waals surface area contributed by atoms with E-state index < -0.39 is 12.0 Å². The van der Waals surface area contributed by atoms with Gasteiger partial charge in [-0.1, -0.05) is 37.3 Å². The van der Waals surface area contributed by atoms with Crippen LogP contribution in [0, 0.1) is 0 Å². The van der Waals surface area contributed by atoms with Gasteiger partial charge in [0, 0.05) is 6.04 Å². The lowest BCUT2D eigenvalue weighted by Gasteiger charge is -2.20. The van der Waals surface area contributed by atoms with E-state index in [1.54, 1.807) is 0 Å². The summed E-state index contributed by atoms with van der Waals surface area (Å²) in [6, 6.07) is 8.89. The number of carboxylic acids is 1. The van der Waals surface area contributed by atoms with E-state index in [-0.39, 0.29) is 12.6 Å². The monoisotopic (exact) mass is 237 g/mol. The molecule has 2 atom stereocenters. The van der Waals surface area contributed by atoms with Crippen LogP contribution in [0.5, 0.6) is 0 Å². The van der Waals surface area contributed by atoms with E-state index in [1.165, 1.54) is 0 Å². The summed E-state index contributed by atoms with van der Waals surface area (Å²) in [6.45, 7) is 1.74. The molecule has 1 aromatic rings. The summed E-state index contributed by atoms with van der Waals surface area (Å²) < 4.78 is 0. The summed E-state index contributed by atoms with van der Waals surface area (Å²) >= 11 is 0. The van der Waals surface area contributed by atoms with Crippen molar-refractivity contribution in [2.45, 2.75) is 31.8 Å². The maximum absolute atomic E-state index is 10.9. The second-order valence-corrected chi connectivity index (χ2v) is 4.03. The van der Waals surface area contributed by atoms with E-state index in [1.807, 2.05) is 37.3 Å². The van der Waals surface area contributed by atoms with E-state index in [0.29, 0.717) is 12.8 Å². The number of aliphatic hydroxyl groups excluding tert-OH is 1. The molecule has 0 saturated heterocycles. The van der Waals surface area contributed by atoms with Gasteiger partial charge in [0.25, 0.3) is 0 Å². The molecule has 0 aliphatic carbocycles. The molecular formula is C13H19NO3. The minimum absolute atomic E-state index is 0.0708. The van der Waals surface area contributed by atoms with Gasteiger partial charge >= 0.3 is 5.97 Å². The molecule has 0 heterocycles. The first-order valence-corrected chi connectivity index (χ1v) is 5.81. The molecular weight excluding hydrogens is 218 g/mol. The SMILES string of the molecule is CCC(NC(CO)Cc1ccccc1)C(=O)O. The number of aliphatic carboxylic acids is 1. The first kappa shape index (κ1) is 13.7. The highest BCUT2D eigenvalue weighted by Gasteiger charge is 2.19. The van der Waals surface area contributed by atoms with Gasteiger partial charge in [0.15, 0.2) is 0 Å². The second kappa shape index (κ2) is 7.04. The molecule has 0 radical (unpaired) electrons. The number of benzene rings is 1. The van der Waals surface area contributed by atoms with Gasteiger partial charge in [-0.25, -0.2) is 0 Å². The molecule has 1 rings (SSSR count). The van der Waals surface area contributed by atoms with Crippen molar-refractivity contribution in [1.29, 1.82) is 0 Å². The van der Waals surface area contributed by atoms with Crippen LogP contribution in [0.25, 0.3) is 0 Å². The molecule has 1 aromatic carbocycles. The fourth-order valence-corrected chi connectivity index (χ4v) is 1.72. The van der Waals surface area contributed by atoms with Crippen molar-refractivity contribution in [2.24, 2.45) is 0 Å². The Labute approximate surface area is 101 Å². The Balaban J connectivity index is 2.57. The summed E-state index contributed by atoms with van der Waals surface area (Å²) in [5, 5.41) is 21.1. The molecule has 0 fully saturated rings. The van der Waals surface area contributed by atoms with Crippen LogP contribution in [0.15, 0.2) is 30.3 Å². The van der Waals surface area contributed by atoms with Crippen LogP contribution < -0.4 is 5.32 Å². The summed E-state index contributed by atoms with van der Waals surface area (Å²) in [5.74, 6) is -0.876. The van der Waals surface area contributed by atoms with Gasteiger partial charge in [-0.2, -0.15) is 0 Å². The van der Waals surface area contributed by atoms with Crippen molar-refractivity contribution in [1.82, 2.24) is 5.32 Å². The van der Waals surface area contributed by atoms with Crippen LogP contribution in [-0.2, 0) is 11.2 Å². The van der Waals surface area contributed by atoms with Crippen LogP contribution in [0.4, 0.5) is 0 Å². The average molecular weight is 237 g/mol. The Hall–Kier alpha value is -1.39. The zero-order chi connectivity index (χ0) is 12.7. The number of carbonyl (C=O) groups is 1. The fraction of sp³-hybridized carbons (Fsp3) is 0.462. The van der Waals surface area contributed by atoms with Crippen molar-refractivity contribution < 1.29 is 15.0 Å². The summed E-state index contributed by atoms with van der Waals surface area (Å²) in [6.07, 6.45) is 1.13. The molecule has 0 saturated carbocycles.